The lowest BCUT2D eigenvalue weighted by atomic mass is 10.1. The summed E-state index contributed by atoms with van der Waals surface area (Å²) in [5, 5.41) is 10.6. The number of likely N-dealkylation sites (N-methyl/N-ethyl adjacent to an activating group) is 1. The molecule has 12 nitrogen and oxygen atoms in total. The second kappa shape index (κ2) is 12.4. The van der Waals surface area contributed by atoms with Crippen molar-refractivity contribution in [3.05, 3.63) is 71.6 Å². The minimum atomic E-state index is -0.862. The van der Waals surface area contributed by atoms with Crippen LogP contribution >= 0.6 is 15.9 Å². The molecule has 0 aliphatic carbocycles. The lowest BCUT2D eigenvalue weighted by Crippen LogP contribution is -2.24. The minimum absolute atomic E-state index is 0.118. The lowest BCUT2D eigenvalue weighted by Gasteiger charge is -2.17. The number of benzene rings is 2. The first-order valence-electron chi connectivity index (χ1n) is 13.7. The van der Waals surface area contributed by atoms with Gasteiger partial charge in [-0.2, -0.15) is 5.10 Å². The number of carbonyl (C=O) groups is 1. The summed E-state index contributed by atoms with van der Waals surface area (Å²) < 4.78 is 34.4. The van der Waals surface area contributed by atoms with Gasteiger partial charge in [0.05, 0.1) is 35.6 Å². The van der Waals surface area contributed by atoms with Gasteiger partial charge in [-0.3, -0.25) is 9.69 Å². The molecule has 1 aliphatic rings. The van der Waals surface area contributed by atoms with Crippen molar-refractivity contribution in [1.29, 1.82) is 0 Å². The molecule has 14 heteroatoms. The number of hydrogen-bond acceptors (Lipinski definition) is 10. The van der Waals surface area contributed by atoms with E-state index in [-0.39, 0.29) is 11.7 Å². The zero-order valence-electron chi connectivity index (χ0n) is 24.0. The van der Waals surface area contributed by atoms with Gasteiger partial charge in [-0.25, -0.2) is 23.9 Å². The van der Waals surface area contributed by atoms with Gasteiger partial charge < -0.3 is 24.8 Å². The quantitative estimate of drug-likeness (QED) is 0.185. The van der Waals surface area contributed by atoms with E-state index in [1.807, 2.05) is 11.9 Å². The number of hydrogen-bond donors (Lipinski definition) is 2. The van der Waals surface area contributed by atoms with Crippen LogP contribution in [0.15, 0.2) is 71.6 Å². The van der Waals surface area contributed by atoms with Crippen LogP contribution in [0.5, 0.6) is 23.0 Å². The first-order chi connectivity index (χ1) is 21.3. The third-order valence-electron chi connectivity index (χ3n) is 7.32. The standard InChI is InChI=1S/C30H28BrFN8O4/c1-39-7-4-5-17(39)9-21(32)30(41)38-23-11-19-22(13-26(23)42-2)33-15-35-29(19)37-24-12-20(31)25(14-27(24)43-3)44-18-6-8-40-28(10-18)34-16-36-40/h6,8-17H,4-5,7H2,1-3H3,(H,38,41)(H,33,35,37)/b21-9+. The highest BCUT2D eigenvalue weighted by molar-refractivity contribution is 9.10. The molecular weight excluding hydrogens is 635 g/mol. The fraction of sp³-hybridized carbons (Fsp3) is 0.233. The summed E-state index contributed by atoms with van der Waals surface area (Å²) >= 11 is 3.58. The summed E-state index contributed by atoms with van der Waals surface area (Å²) in [4.78, 5) is 27.8. The van der Waals surface area contributed by atoms with E-state index in [4.69, 9.17) is 14.2 Å². The van der Waals surface area contributed by atoms with E-state index in [0.717, 1.165) is 19.4 Å². The van der Waals surface area contributed by atoms with Crippen molar-refractivity contribution >= 4 is 55.6 Å². The molecule has 0 radical (unpaired) electrons. The number of fused-ring (bicyclic) bond motifs is 2. The van der Waals surface area contributed by atoms with Gasteiger partial charge in [0, 0.05) is 35.8 Å². The Bertz CT molecular complexity index is 1900. The van der Waals surface area contributed by atoms with E-state index < -0.39 is 11.7 Å². The molecule has 2 N–H and O–H groups in total. The zero-order valence-corrected chi connectivity index (χ0v) is 25.6. The number of halogens is 2. The van der Waals surface area contributed by atoms with Gasteiger partial charge >= 0.3 is 0 Å². The number of nitrogens with one attached hydrogen (secondary N) is 2. The molecule has 5 aromatic rings. The van der Waals surface area contributed by atoms with Gasteiger partial charge in [0.1, 0.15) is 41.5 Å². The Hall–Kier alpha value is -4.82. The highest BCUT2D eigenvalue weighted by Gasteiger charge is 2.22. The summed E-state index contributed by atoms with van der Waals surface area (Å²) in [7, 11) is 4.92. The van der Waals surface area contributed by atoms with E-state index in [9.17, 15) is 9.18 Å². The smallest absolute Gasteiger partial charge is 0.284 e. The molecule has 1 fully saturated rings. The Balaban J connectivity index is 1.28. The molecule has 4 heterocycles. The SMILES string of the molecule is COc1cc2ncnc(Nc3cc(Br)c(Oc4ccn5ncnc5c4)cc3OC)c2cc1NC(=O)/C(F)=C\C1CCCN1C. The molecule has 0 bridgehead atoms. The minimum Gasteiger partial charge on any atom is -0.494 e. The van der Waals surface area contributed by atoms with Crippen LogP contribution in [-0.2, 0) is 4.79 Å². The van der Waals surface area contributed by atoms with E-state index in [0.29, 0.717) is 55.5 Å². The predicted octanol–water partition coefficient (Wildman–Crippen LogP) is 5.87. The van der Waals surface area contributed by atoms with Gasteiger partial charge in [-0.1, -0.05) is 0 Å². The second-order valence-electron chi connectivity index (χ2n) is 10.1. The van der Waals surface area contributed by atoms with E-state index in [1.165, 1.54) is 25.8 Å². The van der Waals surface area contributed by atoms with Crippen LogP contribution in [0.2, 0.25) is 0 Å². The highest BCUT2D eigenvalue weighted by atomic mass is 79.9. The largest absolute Gasteiger partial charge is 0.494 e. The number of nitrogens with zero attached hydrogens (tertiary/aromatic N) is 6. The van der Waals surface area contributed by atoms with Crippen LogP contribution < -0.4 is 24.8 Å². The number of methoxy groups -OCH3 is 2. The Kier molecular flexibility index (Phi) is 8.26. The second-order valence-corrected chi connectivity index (χ2v) is 10.9. The third-order valence-corrected chi connectivity index (χ3v) is 7.94. The average molecular weight is 664 g/mol. The van der Waals surface area contributed by atoms with Gasteiger partial charge in [-0.15, -0.1) is 0 Å². The molecule has 1 amide bonds. The van der Waals surface area contributed by atoms with Crippen LogP contribution in [-0.4, -0.2) is 69.2 Å². The number of ether oxygens (including phenoxy) is 3. The maximum absolute atomic E-state index is 14.9. The highest BCUT2D eigenvalue weighted by Crippen LogP contribution is 2.41. The Morgan fingerprint density at radius 2 is 1.86 bits per heavy atom. The van der Waals surface area contributed by atoms with Crippen LogP contribution in [0.4, 0.5) is 21.6 Å². The number of aromatic nitrogens is 5. The normalized spacial score (nSPS) is 15.5. The van der Waals surface area contributed by atoms with Crippen molar-refractivity contribution in [2.75, 3.05) is 38.4 Å². The zero-order chi connectivity index (χ0) is 30.8. The molecule has 3 aromatic heterocycles. The molecule has 44 heavy (non-hydrogen) atoms. The van der Waals surface area contributed by atoms with Crippen LogP contribution in [0.25, 0.3) is 16.6 Å². The van der Waals surface area contributed by atoms with Crippen molar-refractivity contribution in [3.8, 4) is 23.0 Å². The summed E-state index contributed by atoms with van der Waals surface area (Å²) in [6.45, 7) is 0.863. The summed E-state index contributed by atoms with van der Waals surface area (Å²) in [6, 6.07) is 10.2. The van der Waals surface area contributed by atoms with E-state index in [2.05, 4.69) is 46.6 Å². The maximum atomic E-state index is 14.9. The molecule has 1 aliphatic heterocycles. The van der Waals surface area contributed by atoms with Crippen molar-refractivity contribution in [2.45, 2.75) is 18.9 Å². The first kappa shape index (κ1) is 29.3. The molecule has 1 saturated heterocycles. The van der Waals surface area contributed by atoms with E-state index in [1.54, 1.807) is 54.2 Å². The first-order valence-corrected chi connectivity index (χ1v) is 14.5. The monoisotopic (exact) mass is 662 g/mol. The van der Waals surface area contributed by atoms with Gasteiger partial charge in [0.15, 0.2) is 11.5 Å². The average Bonchev–Trinajstić information content (AvgIpc) is 3.66. The predicted molar refractivity (Wildman–Crippen MR) is 167 cm³/mol. The van der Waals surface area contributed by atoms with Gasteiger partial charge in [0.25, 0.3) is 5.91 Å². The molecule has 226 valence electrons. The van der Waals surface area contributed by atoms with Crippen LogP contribution in [0.3, 0.4) is 0 Å². The Labute approximate surface area is 260 Å². The molecule has 0 saturated carbocycles. The summed E-state index contributed by atoms with van der Waals surface area (Å²) in [6.07, 6.45) is 7.74. The number of rotatable bonds is 9. The Morgan fingerprint density at radius 3 is 2.64 bits per heavy atom. The van der Waals surface area contributed by atoms with Crippen molar-refractivity contribution in [2.24, 2.45) is 0 Å². The molecule has 1 atom stereocenters. The van der Waals surface area contributed by atoms with Crippen molar-refractivity contribution in [1.82, 2.24) is 29.5 Å². The van der Waals surface area contributed by atoms with Gasteiger partial charge in [0.2, 0.25) is 0 Å². The number of pyridine rings is 1. The summed E-state index contributed by atoms with van der Waals surface area (Å²) in [5.41, 5.74) is 2.04. The third kappa shape index (κ3) is 5.98. The number of anilines is 3. The summed E-state index contributed by atoms with van der Waals surface area (Å²) in [5.74, 6) is 0.591. The fourth-order valence-corrected chi connectivity index (χ4v) is 5.44. The molecule has 0 spiro atoms. The number of carbonyl (C=O) groups excluding carboxylic acids is 1. The Morgan fingerprint density at radius 1 is 1.05 bits per heavy atom. The van der Waals surface area contributed by atoms with Crippen LogP contribution in [0, 0.1) is 0 Å². The number of amides is 1. The van der Waals surface area contributed by atoms with Gasteiger partial charge in [-0.05, 0) is 66.6 Å². The van der Waals surface area contributed by atoms with E-state index >= 15 is 0 Å². The number of likely N-dealkylation sites (tertiary alicyclic amines) is 1. The van der Waals surface area contributed by atoms with Crippen molar-refractivity contribution < 1.29 is 23.4 Å². The molecule has 6 rings (SSSR count). The fourth-order valence-electron chi connectivity index (χ4n) is 5.02. The van der Waals surface area contributed by atoms with Crippen LogP contribution in [0.1, 0.15) is 12.8 Å². The lowest BCUT2D eigenvalue weighted by molar-refractivity contribution is -0.114. The molecule has 2 aromatic carbocycles. The maximum Gasteiger partial charge on any atom is 0.284 e. The topological polar surface area (TPSA) is 128 Å². The molecule has 1 unspecified atom stereocenters. The molecular formula is C30H28BrFN8O4. The van der Waals surface area contributed by atoms with Crippen molar-refractivity contribution in [3.63, 3.8) is 0 Å².